The number of nitrogen functional groups attached to an aromatic ring is 1. The number of rotatable bonds is 4. The van der Waals surface area contributed by atoms with Gasteiger partial charge in [-0.05, 0) is 42.5 Å². The van der Waals surface area contributed by atoms with E-state index in [4.69, 9.17) is 15.2 Å². The number of hydrogen-bond donors (Lipinski definition) is 1. The summed E-state index contributed by atoms with van der Waals surface area (Å²) >= 11 is 0. The van der Waals surface area contributed by atoms with Crippen molar-refractivity contribution in [1.29, 1.82) is 0 Å². The lowest BCUT2D eigenvalue weighted by Gasteiger charge is -2.18. The number of benzene rings is 1. The molecule has 3 nitrogen and oxygen atoms in total. The maximum Gasteiger partial charge on any atom is 0.123 e. The minimum atomic E-state index is 0.419. The first kappa shape index (κ1) is 13.2. The van der Waals surface area contributed by atoms with Gasteiger partial charge in [0.05, 0.1) is 13.2 Å². The fourth-order valence-electron chi connectivity index (χ4n) is 2.21. The van der Waals surface area contributed by atoms with Crippen molar-refractivity contribution in [2.75, 3.05) is 25.6 Å². The highest BCUT2D eigenvalue weighted by Crippen LogP contribution is 2.31. The summed E-state index contributed by atoms with van der Waals surface area (Å²) < 4.78 is 11.3. The van der Waals surface area contributed by atoms with Crippen molar-refractivity contribution in [2.45, 2.75) is 33.1 Å². The van der Waals surface area contributed by atoms with Crippen molar-refractivity contribution in [2.24, 2.45) is 5.92 Å². The lowest BCUT2D eigenvalue weighted by molar-refractivity contribution is 0.166. The van der Waals surface area contributed by atoms with Gasteiger partial charge in [0.25, 0.3) is 0 Å². The molecule has 1 fully saturated rings. The van der Waals surface area contributed by atoms with E-state index >= 15 is 0 Å². The molecule has 1 aromatic rings. The Balaban J connectivity index is 2.12. The quantitative estimate of drug-likeness (QED) is 0.834. The normalized spacial score (nSPS) is 19.4. The number of nitrogens with two attached hydrogens (primary N) is 1. The van der Waals surface area contributed by atoms with E-state index in [0.717, 1.165) is 43.2 Å². The molecule has 0 bridgehead atoms. The molecule has 1 aromatic carbocycles. The molecule has 0 aliphatic carbocycles. The minimum Gasteiger partial charge on any atom is -0.493 e. The summed E-state index contributed by atoms with van der Waals surface area (Å²) in [5, 5.41) is 0. The van der Waals surface area contributed by atoms with Gasteiger partial charge in [-0.3, -0.25) is 0 Å². The lowest BCUT2D eigenvalue weighted by atomic mass is 9.99. The highest BCUT2D eigenvalue weighted by Gasteiger charge is 2.18. The van der Waals surface area contributed by atoms with Crippen LogP contribution in [-0.4, -0.2) is 19.8 Å². The van der Waals surface area contributed by atoms with Crippen LogP contribution in [0.25, 0.3) is 0 Å². The average molecular weight is 249 g/mol. The highest BCUT2D eigenvalue weighted by atomic mass is 16.5. The van der Waals surface area contributed by atoms with Gasteiger partial charge in [-0.1, -0.05) is 13.8 Å². The fraction of sp³-hybridized carbons (Fsp3) is 0.600. The van der Waals surface area contributed by atoms with Gasteiger partial charge in [-0.25, -0.2) is 0 Å². The maximum absolute atomic E-state index is 5.98. The van der Waals surface area contributed by atoms with Gasteiger partial charge in [-0.2, -0.15) is 0 Å². The molecule has 1 atom stereocenters. The predicted octanol–water partition coefficient (Wildman–Crippen LogP) is 3.12. The molecule has 1 aliphatic heterocycles. The van der Waals surface area contributed by atoms with E-state index in [1.807, 2.05) is 13.0 Å². The van der Waals surface area contributed by atoms with Gasteiger partial charge in [0.2, 0.25) is 0 Å². The van der Waals surface area contributed by atoms with Crippen molar-refractivity contribution in [1.82, 2.24) is 0 Å². The van der Waals surface area contributed by atoms with Crippen LogP contribution in [-0.2, 0) is 4.74 Å². The van der Waals surface area contributed by atoms with Gasteiger partial charge in [0.15, 0.2) is 0 Å². The third-order valence-corrected chi connectivity index (χ3v) is 3.52. The fourth-order valence-corrected chi connectivity index (χ4v) is 2.21. The molecule has 18 heavy (non-hydrogen) atoms. The van der Waals surface area contributed by atoms with Gasteiger partial charge in [-0.15, -0.1) is 0 Å². The molecule has 0 radical (unpaired) electrons. The van der Waals surface area contributed by atoms with Crippen LogP contribution in [0.4, 0.5) is 5.69 Å². The third-order valence-electron chi connectivity index (χ3n) is 3.52. The Morgan fingerprint density at radius 3 is 2.83 bits per heavy atom. The van der Waals surface area contributed by atoms with Crippen molar-refractivity contribution < 1.29 is 9.47 Å². The molecular formula is C15H23NO2. The highest BCUT2D eigenvalue weighted by molar-refractivity contribution is 5.55. The van der Waals surface area contributed by atoms with Gasteiger partial charge in [0, 0.05) is 18.2 Å². The molecule has 0 spiro atoms. The monoisotopic (exact) mass is 249 g/mol. The van der Waals surface area contributed by atoms with E-state index in [2.05, 4.69) is 19.9 Å². The number of anilines is 1. The molecule has 3 heteroatoms. The second-order valence-corrected chi connectivity index (χ2v) is 5.44. The summed E-state index contributed by atoms with van der Waals surface area (Å²) in [4.78, 5) is 0. The number of ether oxygens (including phenoxy) is 2. The topological polar surface area (TPSA) is 44.5 Å². The molecule has 2 rings (SSSR count). The second-order valence-electron chi connectivity index (χ2n) is 5.44. The van der Waals surface area contributed by atoms with Crippen molar-refractivity contribution in [3.63, 3.8) is 0 Å². The SMILES string of the molecule is Cc1cc(OCC2CCOC2)c(C(C)C)cc1N. The zero-order valence-electron chi connectivity index (χ0n) is 11.5. The zero-order chi connectivity index (χ0) is 13.1. The Bertz CT molecular complexity index is 409. The molecule has 0 amide bonds. The van der Waals surface area contributed by atoms with Crippen LogP contribution in [0.3, 0.4) is 0 Å². The van der Waals surface area contributed by atoms with E-state index in [9.17, 15) is 0 Å². The summed E-state index contributed by atoms with van der Waals surface area (Å²) in [5.41, 5.74) is 9.09. The molecule has 0 saturated carbocycles. The molecular weight excluding hydrogens is 226 g/mol. The Hall–Kier alpha value is -1.22. The molecule has 1 saturated heterocycles. The average Bonchev–Trinajstić information content (AvgIpc) is 2.83. The van der Waals surface area contributed by atoms with Crippen LogP contribution in [0.2, 0.25) is 0 Å². The van der Waals surface area contributed by atoms with Gasteiger partial charge in [0.1, 0.15) is 5.75 Å². The Morgan fingerprint density at radius 1 is 1.44 bits per heavy atom. The lowest BCUT2D eigenvalue weighted by Crippen LogP contribution is -2.13. The summed E-state index contributed by atoms with van der Waals surface area (Å²) in [6.45, 7) is 8.77. The van der Waals surface area contributed by atoms with E-state index in [1.165, 1.54) is 5.56 Å². The van der Waals surface area contributed by atoms with Crippen LogP contribution in [0.1, 0.15) is 37.3 Å². The molecule has 1 aliphatic rings. The maximum atomic E-state index is 5.98. The van der Waals surface area contributed by atoms with Crippen LogP contribution < -0.4 is 10.5 Å². The van der Waals surface area contributed by atoms with E-state index in [1.54, 1.807) is 0 Å². The first-order chi connectivity index (χ1) is 8.58. The summed E-state index contributed by atoms with van der Waals surface area (Å²) in [7, 11) is 0. The van der Waals surface area contributed by atoms with E-state index < -0.39 is 0 Å². The van der Waals surface area contributed by atoms with Crippen LogP contribution in [0, 0.1) is 12.8 Å². The molecule has 1 unspecified atom stereocenters. The molecule has 100 valence electrons. The summed E-state index contributed by atoms with van der Waals surface area (Å²) in [5.74, 6) is 1.93. The van der Waals surface area contributed by atoms with Crippen molar-refractivity contribution in [3.05, 3.63) is 23.3 Å². The summed E-state index contributed by atoms with van der Waals surface area (Å²) in [6.07, 6.45) is 1.10. The molecule has 2 N–H and O–H groups in total. The minimum absolute atomic E-state index is 0.419. The van der Waals surface area contributed by atoms with Crippen molar-refractivity contribution >= 4 is 5.69 Å². The second kappa shape index (κ2) is 5.61. The molecule has 1 heterocycles. The Kier molecular flexibility index (Phi) is 4.12. The first-order valence-corrected chi connectivity index (χ1v) is 6.68. The van der Waals surface area contributed by atoms with E-state index in [-0.39, 0.29) is 0 Å². The van der Waals surface area contributed by atoms with Crippen LogP contribution in [0.5, 0.6) is 5.75 Å². The van der Waals surface area contributed by atoms with Gasteiger partial charge >= 0.3 is 0 Å². The van der Waals surface area contributed by atoms with Crippen molar-refractivity contribution in [3.8, 4) is 5.75 Å². The zero-order valence-corrected chi connectivity index (χ0v) is 11.5. The van der Waals surface area contributed by atoms with Gasteiger partial charge < -0.3 is 15.2 Å². The van der Waals surface area contributed by atoms with Crippen LogP contribution >= 0.6 is 0 Å². The largest absolute Gasteiger partial charge is 0.493 e. The third kappa shape index (κ3) is 2.96. The number of aryl methyl sites for hydroxylation is 1. The summed E-state index contributed by atoms with van der Waals surface area (Å²) in [6, 6.07) is 4.10. The Labute approximate surface area is 109 Å². The van der Waals surface area contributed by atoms with E-state index in [0.29, 0.717) is 11.8 Å². The predicted molar refractivity (Wildman–Crippen MR) is 74.1 cm³/mol. The smallest absolute Gasteiger partial charge is 0.123 e. The Morgan fingerprint density at radius 2 is 2.22 bits per heavy atom. The van der Waals surface area contributed by atoms with Crippen LogP contribution in [0.15, 0.2) is 12.1 Å². The first-order valence-electron chi connectivity index (χ1n) is 6.68. The molecule has 0 aromatic heterocycles. The number of hydrogen-bond acceptors (Lipinski definition) is 3. The standard InChI is InChI=1S/C15H23NO2/c1-10(2)13-7-14(16)11(3)6-15(13)18-9-12-4-5-17-8-12/h6-7,10,12H,4-5,8-9,16H2,1-3H3.